The topological polar surface area (TPSA) is 29.5 Å². The zero-order valence-corrected chi connectivity index (χ0v) is 9.46. The summed E-state index contributed by atoms with van der Waals surface area (Å²) in [5.74, 6) is 0.795. The number of hydrogen-bond acceptors (Lipinski definition) is 2. The minimum atomic E-state index is 0.0472. The molecule has 3 heteroatoms. The Labute approximate surface area is 92.3 Å². The summed E-state index contributed by atoms with van der Waals surface area (Å²) in [4.78, 5) is 0. The Bertz CT molecular complexity index is 310. The smallest absolute Gasteiger partial charge is 0.133 e. The molecule has 0 amide bonds. The molecule has 0 saturated carbocycles. The van der Waals surface area contributed by atoms with E-state index in [1.165, 1.54) is 0 Å². The van der Waals surface area contributed by atoms with Crippen molar-refractivity contribution in [3.05, 3.63) is 40.9 Å². The van der Waals surface area contributed by atoms with Crippen molar-refractivity contribution in [2.75, 3.05) is 6.61 Å². The van der Waals surface area contributed by atoms with Crippen molar-refractivity contribution in [3.63, 3.8) is 0 Å². The number of aliphatic hydroxyl groups is 1. The molecule has 1 aromatic carbocycles. The summed E-state index contributed by atoms with van der Waals surface area (Å²) < 4.78 is 6.35. The number of halogens is 1. The third-order valence-electron chi connectivity index (χ3n) is 1.76. The first-order valence-electron chi connectivity index (χ1n) is 4.41. The van der Waals surface area contributed by atoms with E-state index in [1.807, 2.05) is 24.3 Å². The van der Waals surface area contributed by atoms with Crippen molar-refractivity contribution >= 4 is 15.9 Å². The standard InChI is InChI=1S/C11H13BrO2/c1-2-3-6-14-11-5-4-9(8-13)7-10(11)12/h2,4-5,7,13H,1,3,6,8H2. The van der Waals surface area contributed by atoms with E-state index in [-0.39, 0.29) is 6.61 Å². The molecule has 1 N–H and O–H groups in total. The van der Waals surface area contributed by atoms with E-state index < -0.39 is 0 Å². The second kappa shape index (κ2) is 5.83. The lowest BCUT2D eigenvalue weighted by Crippen LogP contribution is -1.96. The molecule has 0 atom stereocenters. The van der Waals surface area contributed by atoms with Gasteiger partial charge in [-0.2, -0.15) is 0 Å². The van der Waals surface area contributed by atoms with Gasteiger partial charge in [-0.15, -0.1) is 6.58 Å². The van der Waals surface area contributed by atoms with Gasteiger partial charge in [0.25, 0.3) is 0 Å². The zero-order valence-electron chi connectivity index (χ0n) is 7.87. The summed E-state index contributed by atoms with van der Waals surface area (Å²) >= 11 is 3.38. The Kier molecular flexibility index (Phi) is 4.70. The largest absolute Gasteiger partial charge is 0.492 e. The van der Waals surface area contributed by atoms with E-state index in [0.29, 0.717) is 6.61 Å². The van der Waals surface area contributed by atoms with Crippen LogP contribution in [0.5, 0.6) is 5.75 Å². The Hall–Kier alpha value is -0.800. The maximum absolute atomic E-state index is 8.89. The summed E-state index contributed by atoms with van der Waals surface area (Å²) in [5.41, 5.74) is 0.868. The fourth-order valence-corrected chi connectivity index (χ4v) is 1.55. The van der Waals surface area contributed by atoms with Gasteiger partial charge in [-0.3, -0.25) is 0 Å². The predicted molar refractivity (Wildman–Crippen MR) is 60.4 cm³/mol. The van der Waals surface area contributed by atoms with Gasteiger partial charge in [0.15, 0.2) is 0 Å². The van der Waals surface area contributed by atoms with E-state index in [9.17, 15) is 0 Å². The highest BCUT2D eigenvalue weighted by Gasteiger charge is 2.01. The summed E-state index contributed by atoms with van der Waals surface area (Å²) in [6.07, 6.45) is 2.64. The van der Waals surface area contributed by atoms with E-state index >= 15 is 0 Å². The first kappa shape index (κ1) is 11.3. The molecular formula is C11H13BrO2. The highest BCUT2D eigenvalue weighted by molar-refractivity contribution is 9.10. The first-order valence-corrected chi connectivity index (χ1v) is 5.20. The van der Waals surface area contributed by atoms with Gasteiger partial charge >= 0.3 is 0 Å². The zero-order chi connectivity index (χ0) is 10.4. The predicted octanol–water partition coefficient (Wildman–Crippen LogP) is 2.90. The van der Waals surface area contributed by atoms with Gasteiger partial charge in [0, 0.05) is 0 Å². The maximum Gasteiger partial charge on any atom is 0.133 e. The van der Waals surface area contributed by atoms with Gasteiger partial charge in [-0.25, -0.2) is 0 Å². The van der Waals surface area contributed by atoms with Gasteiger partial charge in [-0.1, -0.05) is 12.1 Å². The minimum absolute atomic E-state index is 0.0472. The number of aliphatic hydroxyl groups excluding tert-OH is 1. The van der Waals surface area contributed by atoms with Crippen LogP contribution in [0, 0.1) is 0 Å². The first-order chi connectivity index (χ1) is 6.77. The molecule has 0 fully saturated rings. The molecule has 1 rings (SSSR count). The molecule has 0 aliphatic rings. The second-order valence-electron chi connectivity index (χ2n) is 2.85. The Balaban J connectivity index is 2.63. The Morgan fingerprint density at radius 2 is 2.29 bits per heavy atom. The summed E-state index contributed by atoms with van der Waals surface area (Å²) in [5, 5.41) is 8.89. The van der Waals surface area contributed by atoms with E-state index in [2.05, 4.69) is 22.5 Å². The van der Waals surface area contributed by atoms with Crippen LogP contribution in [0.4, 0.5) is 0 Å². The number of benzene rings is 1. The van der Waals surface area contributed by atoms with Gasteiger partial charge < -0.3 is 9.84 Å². The summed E-state index contributed by atoms with van der Waals surface area (Å²) in [7, 11) is 0. The quantitative estimate of drug-likeness (QED) is 0.649. The summed E-state index contributed by atoms with van der Waals surface area (Å²) in [6, 6.07) is 5.54. The van der Waals surface area contributed by atoms with Gasteiger partial charge in [-0.05, 0) is 40.0 Å². The molecule has 0 aliphatic heterocycles. The van der Waals surface area contributed by atoms with Crippen molar-refractivity contribution in [2.24, 2.45) is 0 Å². The van der Waals surface area contributed by atoms with Crippen LogP contribution in [-0.4, -0.2) is 11.7 Å². The molecule has 2 nitrogen and oxygen atoms in total. The molecule has 0 radical (unpaired) electrons. The lowest BCUT2D eigenvalue weighted by molar-refractivity contribution is 0.281. The van der Waals surface area contributed by atoms with Crippen molar-refractivity contribution in [3.8, 4) is 5.75 Å². The molecule has 0 aliphatic carbocycles. The van der Waals surface area contributed by atoms with Crippen molar-refractivity contribution in [1.82, 2.24) is 0 Å². The SMILES string of the molecule is C=CCCOc1ccc(CO)cc1Br. The van der Waals surface area contributed by atoms with Crippen molar-refractivity contribution < 1.29 is 9.84 Å². The van der Waals surface area contributed by atoms with Gasteiger partial charge in [0.05, 0.1) is 17.7 Å². The Morgan fingerprint density at radius 3 is 2.86 bits per heavy atom. The van der Waals surface area contributed by atoms with E-state index in [0.717, 1.165) is 22.2 Å². The summed E-state index contributed by atoms with van der Waals surface area (Å²) in [6.45, 7) is 4.29. The normalized spacial score (nSPS) is 9.86. The molecule has 0 spiro atoms. The third kappa shape index (κ3) is 3.16. The minimum Gasteiger partial charge on any atom is -0.492 e. The van der Waals surface area contributed by atoms with Crippen LogP contribution in [-0.2, 0) is 6.61 Å². The molecule has 0 aromatic heterocycles. The third-order valence-corrected chi connectivity index (χ3v) is 2.38. The van der Waals surface area contributed by atoms with Crippen molar-refractivity contribution in [2.45, 2.75) is 13.0 Å². The highest BCUT2D eigenvalue weighted by atomic mass is 79.9. The second-order valence-corrected chi connectivity index (χ2v) is 3.70. The average molecular weight is 257 g/mol. The molecule has 0 unspecified atom stereocenters. The van der Waals surface area contributed by atoms with E-state index in [4.69, 9.17) is 9.84 Å². The monoisotopic (exact) mass is 256 g/mol. The number of ether oxygens (including phenoxy) is 1. The van der Waals surface area contributed by atoms with Crippen LogP contribution in [0.25, 0.3) is 0 Å². The average Bonchev–Trinajstić information content (AvgIpc) is 2.20. The van der Waals surface area contributed by atoms with Crippen LogP contribution in [0.2, 0.25) is 0 Å². The van der Waals surface area contributed by atoms with Crippen LogP contribution in [0.1, 0.15) is 12.0 Å². The van der Waals surface area contributed by atoms with Crippen LogP contribution in [0.3, 0.4) is 0 Å². The van der Waals surface area contributed by atoms with E-state index in [1.54, 1.807) is 0 Å². The van der Waals surface area contributed by atoms with Gasteiger partial charge in [0.1, 0.15) is 5.75 Å². The number of hydrogen-bond donors (Lipinski definition) is 1. The lowest BCUT2D eigenvalue weighted by Gasteiger charge is -2.07. The molecule has 14 heavy (non-hydrogen) atoms. The van der Waals surface area contributed by atoms with Crippen LogP contribution >= 0.6 is 15.9 Å². The molecule has 0 bridgehead atoms. The molecule has 76 valence electrons. The Morgan fingerprint density at radius 1 is 1.50 bits per heavy atom. The van der Waals surface area contributed by atoms with Crippen molar-refractivity contribution in [1.29, 1.82) is 0 Å². The molecular weight excluding hydrogens is 244 g/mol. The number of rotatable bonds is 5. The fraction of sp³-hybridized carbons (Fsp3) is 0.273. The maximum atomic E-state index is 8.89. The van der Waals surface area contributed by atoms with Gasteiger partial charge in [0.2, 0.25) is 0 Å². The molecule has 0 saturated heterocycles. The lowest BCUT2D eigenvalue weighted by atomic mass is 10.2. The molecule has 0 heterocycles. The molecule has 1 aromatic rings. The fourth-order valence-electron chi connectivity index (χ4n) is 1.01. The van der Waals surface area contributed by atoms with Crippen LogP contribution in [0.15, 0.2) is 35.3 Å². The van der Waals surface area contributed by atoms with Crippen LogP contribution < -0.4 is 4.74 Å². The highest BCUT2D eigenvalue weighted by Crippen LogP contribution is 2.26.